The van der Waals surface area contributed by atoms with Gasteiger partial charge in [0.15, 0.2) is 11.4 Å². The van der Waals surface area contributed by atoms with Crippen molar-refractivity contribution in [2.24, 2.45) is 0 Å². The minimum Gasteiger partial charge on any atom is -0.455 e. The molecule has 1 amide bonds. The van der Waals surface area contributed by atoms with Gasteiger partial charge in [0, 0.05) is 28.0 Å². The number of ether oxygens (including phenoxy) is 1. The largest absolute Gasteiger partial charge is 0.455 e. The van der Waals surface area contributed by atoms with Crippen molar-refractivity contribution < 1.29 is 13.9 Å². The summed E-state index contributed by atoms with van der Waals surface area (Å²) in [6.45, 7) is -0.286. The van der Waals surface area contributed by atoms with Gasteiger partial charge in [-0.3, -0.25) is 4.79 Å². The van der Waals surface area contributed by atoms with Crippen LogP contribution in [0.3, 0.4) is 0 Å². The monoisotopic (exact) mass is 484 g/mol. The molecule has 1 atom stereocenters. The summed E-state index contributed by atoms with van der Waals surface area (Å²) >= 11 is 12.0. The molecule has 168 valence electrons. The molecule has 2 aromatic heterocycles. The van der Waals surface area contributed by atoms with Crippen molar-refractivity contribution in [3.8, 4) is 11.5 Å². The van der Waals surface area contributed by atoms with Crippen molar-refractivity contribution in [2.75, 3.05) is 6.54 Å². The Kier molecular flexibility index (Phi) is 5.91. The first-order chi connectivity index (χ1) is 16.0. The first kappa shape index (κ1) is 21.7. The van der Waals surface area contributed by atoms with E-state index in [9.17, 15) is 9.18 Å². The predicted molar refractivity (Wildman–Crippen MR) is 124 cm³/mol. The Morgan fingerprint density at radius 3 is 2.88 bits per heavy atom. The fourth-order valence-electron chi connectivity index (χ4n) is 3.66. The fourth-order valence-corrected chi connectivity index (χ4v) is 4.19. The minimum absolute atomic E-state index is 0.168. The standard InChI is InChI=1S/C24H19Cl2FN4O2/c25-16-6-7-18(19(26)11-16)20(27)12-29-24(32)22-21(13-30-31-9-8-28-23(22)31)33-17-3-1-2-15(10-17)14-4-5-14/h1-3,6-11,13-14,20H,4-5,12H2,(H,29,32). The Morgan fingerprint density at radius 2 is 2.09 bits per heavy atom. The van der Waals surface area contributed by atoms with E-state index in [1.165, 1.54) is 47.4 Å². The van der Waals surface area contributed by atoms with Crippen molar-refractivity contribution in [1.29, 1.82) is 0 Å². The summed E-state index contributed by atoms with van der Waals surface area (Å²) in [4.78, 5) is 17.4. The van der Waals surface area contributed by atoms with Crippen molar-refractivity contribution in [1.82, 2.24) is 19.9 Å². The zero-order valence-electron chi connectivity index (χ0n) is 17.3. The number of alkyl halides is 1. The minimum atomic E-state index is -1.52. The number of aromatic nitrogens is 3. The Hall–Kier alpha value is -3.16. The van der Waals surface area contributed by atoms with Gasteiger partial charge in [-0.15, -0.1) is 0 Å². The summed E-state index contributed by atoms with van der Waals surface area (Å²) in [5, 5.41) is 7.48. The third-order valence-electron chi connectivity index (χ3n) is 5.49. The van der Waals surface area contributed by atoms with E-state index < -0.39 is 12.1 Å². The average Bonchev–Trinajstić information content (AvgIpc) is 3.55. The molecule has 2 aromatic carbocycles. The van der Waals surface area contributed by atoms with Crippen LogP contribution in [0.2, 0.25) is 10.0 Å². The molecule has 1 N–H and O–H groups in total. The number of nitrogens with one attached hydrogen (secondary N) is 1. The maximum atomic E-state index is 14.8. The van der Waals surface area contributed by atoms with Gasteiger partial charge in [-0.05, 0) is 48.6 Å². The summed E-state index contributed by atoms with van der Waals surface area (Å²) < 4.78 is 22.3. The number of hydrogen-bond acceptors (Lipinski definition) is 4. The topological polar surface area (TPSA) is 68.5 Å². The van der Waals surface area contributed by atoms with Crippen molar-refractivity contribution in [3.05, 3.63) is 87.8 Å². The SMILES string of the molecule is O=C(NCC(F)c1ccc(Cl)cc1Cl)c1c(Oc2cccc(C3CC3)c2)cnn2ccnc12. The molecule has 0 spiro atoms. The molecular formula is C24H19Cl2FN4O2. The second kappa shape index (κ2) is 9.00. The fraction of sp³-hybridized carbons (Fsp3) is 0.208. The highest BCUT2D eigenvalue weighted by Crippen LogP contribution is 2.41. The molecule has 1 unspecified atom stereocenters. The molecule has 0 aliphatic heterocycles. The lowest BCUT2D eigenvalue weighted by molar-refractivity contribution is 0.0940. The van der Waals surface area contributed by atoms with Crippen molar-refractivity contribution >= 4 is 34.8 Å². The average molecular weight is 485 g/mol. The van der Waals surface area contributed by atoms with Gasteiger partial charge < -0.3 is 10.1 Å². The molecule has 2 heterocycles. The maximum Gasteiger partial charge on any atom is 0.259 e. The molecule has 6 nitrogen and oxygen atoms in total. The van der Waals surface area contributed by atoms with Crippen LogP contribution in [0.4, 0.5) is 4.39 Å². The molecular weight excluding hydrogens is 466 g/mol. The molecule has 1 fully saturated rings. The first-order valence-electron chi connectivity index (χ1n) is 10.5. The number of imidazole rings is 1. The van der Waals surface area contributed by atoms with E-state index in [0.29, 0.717) is 22.3 Å². The second-order valence-electron chi connectivity index (χ2n) is 7.87. The van der Waals surface area contributed by atoms with Crippen LogP contribution in [0.5, 0.6) is 11.5 Å². The zero-order valence-corrected chi connectivity index (χ0v) is 18.9. The number of halogens is 3. The summed E-state index contributed by atoms with van der Waals surface area (Å²) in [6.07, 6.45) is 5.42. The van der Waals surface area contributed by atoms with Crippen LogP contribution in [0.1, 0.15) is 46.4 Å². The van der Waals surface area contributed by atoms with Crippen LogP contribution in [-0.2, 0) is 0 Å². The van der Waals surface area contributed by atoms with E-state index in [0.717, 1.165) is 0 Å². The van der Waals surface area contributed by atoms with Crippen LogP contribution in [0.25, 0.3) is 5.65 Å². The number of carbonyl (C=O) groups excluding carboxylic acids is 1. The summed E-state index contributed by atoms with van der Waals surface area (Å²) in [5.41, 5.74) is 1.92. The number of hydrogen-bond donors (Lipinski definition) is 1. The quantitative estimate of drug-likeness (QED) is 0.341. The highest BCUT2D eigenvalue weighted by atomic mass is 35.5. The number of fused-ring (bicyclic) bond motifs is 1. The molecule has 5 rings (SSSR count). The number of carbonyl (C=O) groups is 1. The highest BCUT2D eigenvalue weighted by Gasteiger charge is 2.25. The molecule has 0 bridgehead atoms. The third kappa shape index (κ3) is 4.65. The van der Waals surface area contributed by atoms with Crippen LogP contribution >= 0.6 is 23.2 Å². The second-order valence-corrected chi connectivity index (χ2v) is 8.72. The summed E-state index contributed by atoms with van der Waals surface area (Å²) in [5.74, 6) is 0.863. The molecule has 1 aliphatic carbocycles. The van der Waals surface area contributed by atoms with Crippen LogP contribution in [0, 0.1) is 0 Å². The molecule has 9 heteroatoms. The van der Waals surface area contributed by atoms with Gasteiger partial charge >= 0.3 is 0 Å². The molecule has 0 radical (unpaired) electrons. The van der Waals surface area contributed by atoms with Gasteiger partial charge in [-0.1, -0.05) is 41.4 Å². The lowest BCUT2D eigenvalue weighted by atomic mass is 10.1. The summed E-state index contributed by atoms with van der Waals surface area (Å²) in [6, 6.07) is 12.3. The van der Waals surface area contributed by atoms with Gasteiger partial charge in [0.25, 0.3) is 5.91 Å². The van der Waals surface area contributed by atoms with Crippen LogP contribution in [-0.4, -0.2) is 27.0 Å². The zero-order chi connectivity index (χ0) is 22.9. The Bertz CT molecular complexity index is 1340. The maximum absolute atomic E-state index is 14.8. The van der Waals surface area contributed by atoms with Gasteiger partial charge in [0.2, 0.25) is 0 Å². The number of benzene rings is 2. The van der Waals surface area contributed by atoms with Crippen molar-refractivity contribution in [3.63, 3.8) is 0 Å². The van der Waals surface area contributed by atoms with E-state index >= 15 is 0 Å². The number of nitrogens with zero attached hydrogens (tertiary/aromatic N) is 3. The Balaban J connectivity index is 1.39. The van der Waals surface area contributed by atoms with E-state index in [1.54, 1.807) is 12.3 Å². The molecule has 0 saturated heterocycles. The molecule has 1 aliphatic rings. The van der Waals surface area contributed by atoms with Crippen LogP contribution in [0.15, 0.2) is 61.1 Å². The molecule has 1 saturated carbocycles. The Morgan fingerprint density at radius 1 is 1.24 bits per heavy atom. The van der Waals surface area contributed by atoms with Crippen molar-refractivity contribution in [2.45, 2.75) is 24.9 Å². The number of amides is 1. The Labute approximate surface area is 199 Å². The van der Waals surface area contributed by atoms with Gasteiger partial charge in [0.05, 0.1) is 12.7 Å². The van der Waals surface area contributed by atoms with E-state index in [1.807, 2.05) is 18.2 Å². The van der Waals surface area contributed by atoms with E-state index in [2.05, 4.69) is 21.5 Å². The smallest absolute Gasteiger partial charge is 0.259 e. The van der Waals surface area contributed by atoms with E-state index in [-0.39, 0.29) is 28.4 Å². The predicted octanol–water partition coefficient (Wildman–Crippen LogP) is 6.15. The van der Waals surface area contributed by atoms with Crippen LogP contribution < -0.4 is 10.1 Å². The van der Waals surface area contributed by atoms with Gasteiger partial charge in [-0.25, -0.2) is 13.9 Å². The lowest BCUT2D eigenvalue weighted by Crippen LogP contribution is -2.28. The highest BCUT2D eigenvalue weighted by molar-refractivity contribution is 6.35. The number of rotatable bonds is 7. The first-order valence-corrected chi connectivity index (χ1v) is 11.2. The van der Waals surface area contributed by atoms with E-state index in [4.69, 9.17) is 27.9 Å². The third-order valence-corrected chi connectivity index (χ3v) is 6.06. The normalized spacial score (nSPS) is 14.3. The lowest BCUT2D eigenvalue weighted by Gasteiger charge is -2.15. The molecule has 4 aromatic rings. The molecule has 33 heavy (non-hydrogen) atoms. The van der Waals surface area contributed by atoms with Gasteiger partial charge in [-0.2, -0.15) is 5.10 Å². The summed E-state index contributed by atoms with van der Waals surface area (Å²) in [7, 11) is 0. The van der Waals surface area contributed by atoms with Gasteiger partial charge in [0.1, 0.15) is 17.5 Å².